The van der Waals surface area contributed by atoms with Gasteiger partial charge in [-0.25, -0.2) is 0 Å². The quantitative estimate of drug-likeness (QED) is 0.653. The number of carbonyl (C=O) groups excluding carboxylic acids is 2. The van der Waals surface area contributed by atoms with Gasteiger partial charge < -0.3 is 10.2 Å². The number of rotatable bonds is 1. The van der Waals surface area contributed by atoms with Crippen molar-refractivity contribution in [3.8, 4) is 0 Å². The average Bonchev–Trinajstić information content (AvgIpc) is 2.45. The highest BCUT2D eigenvalue weighted by atomic mass is 32.2. The van der Waals surface area contributed by atoms with E-state index in [1.807, 2.05) is 6.92 Å². The molecule has 1 saturated heterocycles. The van der Waals surface area contributed by atoms with E-state index < -0.39 is 0 Å². The topological polar surface area (TPSA) is 49.4 Å². The van der Waals surface area contributed by atoms with Crippen LogP contribution < -0.4 is 5.32 Å². The Kier molecular flexibility index (Phi) is 3.19. The highest BCUT2D eigenvalue weighted by Gasteiger charge is 2.37. The maximum Gasteiger partial charge on any atom is 0.243 e. The van der Waals surface area contributed by atoms with Gasteiger partial charge in [-0.1, -0.05) is 0 Å². The Morgan fingerprint density at radius 1 is 1.54 bits per heavy atom. The molecule has 1 rings (SSSR count). The van der Waals surface area contributed by atoms with E-state index in [4.69, 9.17) is 0 Å². The molecule has 74 valence electrons. The Hall–Kier alpha value is -0.710. The Bertz CT molecular complexity index is 232. The number of nitrogens with one attached hydrogen (secondary N) is 1. The van der Waals surface area contributed by atoms with Crippen molar-refractivity contribution >= 4 is 23.6 Å². The summed E-state index contributed by atoms with van der Waals surface area (Å²) >= 11 is 1.63. The van der Waals surface area contributed by atoms with Crippen molar-refractivity contribution < 1.29 is 9.59 Å². The molecular formula is C8H14N2O2S. The van der Waals surface area contributed by atoms with Crippen LogP contribution in [0.25, 0.3) is 0 Å². The maximum absolute atomic E-state index is 11.4. The molecule has 13 heavy (non-hydrogen) atoms. The zero-order chi connectivity index (χ0) is 10.0. The van der Waals surface area contributed by atoms with Crippen molar-refractivity contribution in [3.05, 3.63) is 0 Å². The smallest absolute Gasteiger partial charge is 0.243 e. The lowest BCUT2D eigenvalue weighted by molar-refractivity contribution is -0.137. The van der Waals surface area contributed by atoms with E-state index in [0.29, 0.717) is 5.75 Å². The molecule has 0 radical (unpaired) electrons. The second-order valence-corrected chi connectivity index (χ2v) is 4.34. The lowest BCUT2D eigenvalue weighted by Gasteiger charge is -2.24. The van der Waals surface area contributed by atoms with Crippen LogP contribution in [0.4, 0.5) is 0 Å². The molecule has 0 aromatic rings. The first-order chi connectivity index (χ1) is 6.07. The molecule has 1 fully saturated rings. The van der Waals surface area contributed by atoms with Crippen LogP contribution in [0.3, 0.4) is 0 Å². The standard InChI is InChI=1S/C8H14N2O2S/c1-5(11)10-6(2)13-4-7(10)8(12)9-3/h6-7H,4H2,1-3H3,(H,9,12)/t6-,7+/m1/s1. The lowest BCUT2D eigenvalue weighted by Crippen LogP contribution is -2.47. The number of carbonyl (C=O) groups is 2. The second-order valence-electron chi connectivity index (χ2n) is 2.99. The third-order valence-electron chi connectivity index (χ3n) is 2.14. The number of likely N-dealkylation sites (N-methyl/N-ethyl adjacent to an activating group) is 1. The summed E-state index contributed by atoms with van der Waals surface area (Å²) in [5, 5.41) is 2.68. The highest BCUT2D eigenvalue weighted by molar-refractivity contribution is 8.00. The zero-order valence-corrected chi connectivity index (χ0v) is 8.85. The van der Waals surface area contributed by atoms with Crippen molar-refractivity contribution in [2.75, 3.05) is 12.8 Å². The van der Waals surface area contributed by atoms with E-state index in [1.54, 1.807) is 23.7 Å². The van der Waals surface area contributed by atoms with E-state index in [1.165, 1.54) is 6.92 Å². The van der Waals surface area contributed by atoms with Gasteiger partial charge in [0.05, 0.1) is 5.37 Å². The fraction of sp³-hybridized carbons (Fsp3) is 0.750. The predicted octanol–water partition coefficient (Wildman–Crippen LogP) is 0.0423. The van der Waals surface area contributed by atoms with Crippen molar-refractivity contribution in [1.29, 1.82) is 0 Å². The Labute approximate surface area is 82.0 Å². The molecule has 5 heteroatoms. The summed E-state index contributed by atoms with van der Waals surface area (Å²) in [5.41, 5.74) is 0. The van der Waals surface area contributed by atoms with Crippen LogP contribution in [0, 0.1) is 0 Å². The molecule has 1 aliphatic heterocycles. The number of hydrogen-bond donors (Lipinski definition) is 1. The molecule has 4 nitrogen and oxygen atoms in total. The molecule has 0 saturated carbocycles. The van der Waals surface area contributed by atoms with E-state index in [9.17, 15) is 9.59 Å². The highest BCUT2D eigenvalue weighted by Crippen LogP contribution is 2.28. The van der Waals surface area contributed by atoms with Gasteiger partial charge in [0.2, 0.25) is 11.8 Å². The van der Waals surface area contributed by atoms with E-state index in [-0.39, 0.29) is 23.2 Å². The van der Waals surface area contributed by atoms with Crippen molar-refractivity contribution in [3.63, 3.8) is 0 Å². The molecule has 0 aliphatic carbocycles. The molecule has 0 aromatic carbocycles. The molecule has 0 unspecified atom stereocenters. The normalized spacial score (nSPS) is 27.5. The number of thioether (sulfide) groups is 1. The monoisotopic (exact) mass is 202 g/mol. The van der Waals surface area contributed by atoms with Crippen LogP contribution >= 0.6 is 11.8 Å². The Balaban J connectivity index is 2.75. The van der Waals surface area contributed by atoms with Gasteiger partial charge in [0.15, 0.2) is 0 Å². The summed E-state index contributed by atoms with van der Waals surface area (Å²) in [4.78, 5) is 24.2. The molecule has 0 aromatic heterocycles. The first kappa shape index (κ1) is 10.4. The molecule has 1 N–H and O–H groups in total. The minimum absolute atomic E-state index is 0.0360. The number of amides is 2. The van der Waals surface area contributed by atoms with E-state index >= 15 is 0 Å². The molecule has 1 aliphatic rings. The molecule has 0 spiro atoms. The average molecular weight is 202 g/mol. The minimum atomic E-state index is -0.289. The van der Waals surface area contributed by atoms with Gasteiger partial charge in [0.1, 0.15) is 6.04 Å². The van der Waals surface area contributed by atoms with Crippen molar-refractivity contribution in [1.82, 2.24) is 10.2 Å². The van der Waals surface area contributed by atoms with Crippen molar-refractivity contribution in [2.24, 2.45) is 0 Å². The summed E-state index contributed by atoms with van der Waals surface area (Å²) in [6.45, 7) is 3.44. The zero-order valence-electron chi connectivity index (χ0n) is 8.03. The van der Waals surface area contributed by atoms with Crippen LogP contribution in [-0.4, -0.2) is 40.9 Å². The number of nitrogens with zero attached hydrogens (tertiary/aromatic N) is 1. The maximum atomic E-state index is 11.4. The van der Waals surface area contributed by atoms with Crippen LogP contribution in [-0.2, 0) is 9.59 Å². The van der Waals surface area contributed by atoms with Gasteiger partial charge in [-0.15, -0.1) is 11.8 Å². The first-order valence-corrected chi connectivity index (χ1v) is 5.25. The largest absolute Gasteiger partial charge is 0.357 e. The minimum Gasteiger partial charge on any atom is -0.357 e. The third kappa shape index (κ3) is 1.96. The van der Waals surface area contributed by atoms with E-state index in [0.717, 1.165) is 0 Å². The summed E-state index contributed by atoms with van der Waals surface area (Å²) in [6, 6.07) is -0.289. The molecule has 0 bridgehead atoms. The van der Waals surface area contributed by atoms with Gasteiger partial charge >= 0.3 is 0 Å². The Morgan fingerprint density at radius 2 is 2.15 bits per heavy atom. The molecular weight excluding hydrogens is 188 g/mol. The fourth-order valence-electron chi connectivity index (χ4n) is 1.49. The molecule has 2 amide bonds. The van der Waals surface area contributed by atoms with E-state index in [2.05, 4.69) is 5.32 Å². The molecule has 2 atom stereocenters. The summed E-state index contributed by atoms with van der Waals surface area (Å²) in [7, 11) is 1.59. The van der Waals surface area contributed by atoms with Gasteiger partial charge in [-0.05, 0) is 6.92 Å². The first-order valence-electron chi connectivity index (χ1n) is 4.20. The fourth-order valence-corrected chi connectivity index (χ4v) is 2.72. The Morgan fingerprint density at radius 3 is 2.62 bits per heavy atom. The van der Waals surface area contributed by atoms with Crippen LogP contribution in [0.2, 0.25) is 0 Å². The van der Waals surface area contributed by atoms with Gasteiger partial charge in [-0.3, -0.25) is 9.59 Å². The van der Waals surface area contributed by atoms with Gasteiger partial charge in [0, 0.05) is 19.7 Å². The summed E-state index contributed by atoms with van der Waals surface area (Å²) < 4.78 is 0. The molecule has 1 heterocycles. The second kappa shape index (κ2) is 4.00. The summed E-state index contributed by atoms with van der Waals surface area (Å²) in [5.74, 6) is 0.582. The SMILES string of the molecule is CNC(=O)[C@@H]1CS[C@H](C)N1C(C)=O. The van der Waals surface area contributed by atoms with Crippen LogP contribution in [0.15, 0.2) is 0 Å². The predicted molar refractivity (Wildman–Crippen MR) is 52.3 cm³/mol. The lowest BCUT2D eigenvalue weighted by atomic mass is 10.2. The van der Waals surface area contributed by atoms with Crippen molar-refractivity contribution in [2.45, 2.75) is 25.3 Å². The van der Waals surface area contributed by atoms with Gasteiger partial charge in [0.25, 0.3) is 0 Å². The summed E-state index contributed by atoms with van der Waals surface area (Å²) in [6.07, 6.45) is 0. The number of hydrogen-bond acceptors (Lipinski definition) is 3. The van der Waals surface area contributed by atoms with Gasteiger partial charge in [-0.2, -0.15) is 0 Å². The van der Waals surface area contributed by atoms with Crippen LogP contribution in [0.5, 0.6) is 0 Å². The third-order valence-corrected chi connectivity index (χ3v) is 3.35. The van der Waals surface area contributed by atoms with Crippen LogP contribution in [0.1, 0.15) is 13.8 Å².